The molecule has 0 spiro atoms. The van der Waals surface area contributed by atoms with Gasteiger partial charge in [0.2, 0.25) is 0 Å². The topological polar surface area (TPSA) is 28.2 Å². The second kappa shape index (κ2) is 10.9. The molecule has 26 heavy (non-hydrogen) atoms. The molecule has 0 aliphatic carbocycles. The fourth-order valence-corrected chi connectivity index (χ4v) is 3.71. The van der Waals surface area contributed by atoms with Crippen LogP contribution in [0.25, 0.3) is 0 Å². The molecule has 1 aromatic carbocycles. The summed E-state index contributed by atoms with van der Waals surface area (Å²) >= 11 is 0. The number of likely N-dealkylation sites (N-methyl/N-ethyl adjacent to an activating group) is 1. The van der Waals surface area contributed by atoms with Crippen LogP contribution in [0.2, 0.25) is 0 Å². The summed E-state index contributed by atoms with van der Waals surface area (Å²) in [5.74, 6) is 1.08. The van der Waals surface area contributed by atoms with E-state index >= 15 is 0 Å². The summed E-state index contributed by atoms with van der Waals surface area (Å²) in [6, 6.07) is 8.56. The third kappa shape index (κ3) is 6.54. The first-order valence-corrected chi connectivity index (χ1v) is 10.2. The molecule has 2 aliphatic heterocycles. The molecule has 2 aliphatic rings. The number of hydrogen-bond acceptors (Lipinski definition) is 5. The Morgan fingerprint density at radius 2 is 1.58 bits per heavy atom. The van der Waals surface area contributed by atoms with Gasteiger partial charge in [0.25, 0.3) is 0 Å². The van der Waals surface area contributed by atoms with Gasteiger partial charge in [0.15, 0.2) is 0 Å². The SMILES string of the molecule is CN1CCN(CCCc2ccccc2OCCCN2CCOCC2)CC1. The first kappa shape index (κ1) is 19.6. The zero-order valence-electron chi connectivity index (χ0n) is 16.4. The molecule has 0 saturated carbocycles. The quantitative estimate of drug-likeness (QED) is 0.627. The summed E-state index contributed by atoms with van der Waals surface area (Å²) in [6.07, 6.45) is 3.39. The number of morpholine rings is 1. The van der Waals surface area contributed by atoms with Crippen LogP contribution in [0.4, 0.5) is 0 Å². The van der Waals surface area contributed by atoms with E-state index < -0.39 is 0 Å². The van der Waals surface area contributed by atoms with Crippen LogP contribution in [-0.2, 0) is 11.2 Å². The van der Waals surface area contributed by atoms with Crippen molar-refractivity contribution in [1.82, 2.24) is 14.7 Å². The highest BCUT2D eigenvalue weighted by molar-refractivity contribution is 5.33. The zero-order chi connectivity index (χ0) is 18.0. The van der Waals surface area contributed by atoms with Crippen LogP contribution >= 0.6 is 0 Å². The highest BCUT2D eigenvalue weighted by atomic mass is 16.5. The summed E-state index contributed by atoms with van der Waals surface area (Å²) in [6.45, 7) is 11.8. The molecule has 5 nitrogen and oxygen atoms in total. The van der Waals surface area contributed by atoms with Crippen molar-refractivity contribution >= 4 is 0 Å². The minimum absolute atomic E-state index is 0.798. The predicted octanol–water partition coefficient (Wildman–Crippen LogP) is 1.97. The Balaban J connectivity index is 1.35. The van der Waals surface area contributed by atoms with Crippen LogP contribution < -0.4 is 4.74 Å². The zero-order valence-corrected chi connectivity index (χ0v) is 16.4. The molecule has 146 valence electrons. The smallest absolute Gasteiger partial charge is 0.122 e. The highest BCUT2D eigenvalue weighted by Gasteiger charge is 2.13. The van der Waals surface area contributed by atoms with Gasteiger partial charge in [-0.3, -0.25) is 4.90 Å². The van der Waals surface area contributed by atoms with Gasteiger partial charge in [-0.15, -0.1) is 0 Å². The summed E-state index contributed by atoms with van der Waals surface area (Å²) in [4.78, 5) is 7.47. The van der Waals surface area contributed by atoms with Gasteiger partial charge in [0.05, 0.1) is 19.8 Å². The van der Waals surface area contributed by atoms with E-state index in [1.165, 1.54) is 44.7 Å². The monoisotopic (exact) mass is 361 g/mol. The van der Waals surface area contributed by atoms with E-state index in [-0.39, 0.29) is 0 Å². The lowest BCUT2D eigenvalue weighted by Crippen LogP contribution is -2.44. The van der Waals surface area contributed by atoms with E-state index in [0.717, 1.165) is 58.0 Å². The molecule has 0 atom stereocenters. The second-order valence-corrected chi connectivity index (χ2v) is 7.51. The number of para-hydroxylation sites is 1. The van der Waals surface area contributed by atoms with Gasteiger partial charge >= 0.3 is 0 Å². The van der Waals surface area contributed by atoms with Crippen molar-refractivity contribution in [3.05, 3.63) is 29.8 Å². The highest BCUT2D eigenvalue weighted by Crippen LogP contribution is 2.20. The molecule has 0 radical (unpaired) electrons. The predicted molar refractivity (Wildman–Crippen MR) is 106 cm³/mol. The van der Waals surface area contributed by atoms with Gasteiger partial charge in [-0.1, -0.05) is 18.2 Å². The Kier molecular flexibility index (Phi) is 8.21. The summed E-state index contributed by atoms with van der Waals surface area (Å²) in [7, 11) is 2.21. The molecule has 2 saturated heterocycles. The Labute approximate surface area is 158 Å². The van der Waals surface area contributed by atoms with Crippen LogP contribution in [0, 0.1) is 0 Å². The molecule has 2 heterocycles. The molecule has 0 bridgehead atoms. The normalized spacial score (nSPS) is 20.3. The van der Waals surface area contributed by atoms with Gasteiger partial charge in [0, 0.05) is 45.8 Å². The number of aryl methyl sites for hydroxylation is 1. The number of piperazine rings is 1. The molecule has 3 rings (SSSR count). The maximum Gasteiger partial charge on any atom is 0.122 e. The lowest BCUT2D eigenvalue weighted by molar-refractivity contribution is 0.0358. The fourth-order valence-electron chi connectivity index (χ4n) is 3.71. The average Bonchev–Trinajstić information content (AvgIpc) is 2.69. The second-order valence-electron chi connectivity index (χ2n) is 7.51. The van der Waals surface area contributed by atoms with Crippen LogP contribution in [0.3, 0.4) is 0 Å². The standard InChI is InChI=1S/C21H35N3O2/c1-22-11-13-23(14-12-22)9-4-7-20-6-2-3-8-21(20)26-17-5-10-24-15-18-25-19-16-24/h2-3,6,8H,4-5,7,9-19H2,1H3. The van der Waals surface area contributed by atoms with E-state index in [4.69, 9.17) is 9.47 Å². The van der Waals surface area contributed by atoms with Crippen molar-refractivity contribution in [1.29, 1.82) is 0 Å². The van der Waals surface area contributed by atoms with Crippen molar-refractivity contribution in [2.75, 3.05) is 79.2 Å². The molecule has 0 aromatic heterocycles. The number of benzene rings is 1. The minimum Gasteiger partial charge on any atom is -0.493 e. The summed E-state index contributed by atoms with van der Waals surface area (Å²) in [5.41, 5.74) is 1.35. The maximum atomic E-state index is 6.11. The lowest BCUT2D eigenvalue weighted by atomic mass is 10.1. The number of ether oxygens (including phenoxy) is 2. The third-order valence-corrected chi connectivity index (χ3v) is 5.47. The van der Waals surface area contributed by atoms with E-state index in [0.29, 0.717) is 0 Å². The van der Waals surface area contributed by atoms with Gasteiger partial charge in [-0.2, -0.15) is 0 Å². The number of rotatable bonds is 9. The minimum atomic E-state index is 0.798. The Hall–Kier alpha value is -1.14. The van der Waals surface area contributed by atoms with Gasteiger partial charge in [-0.05, 0) is 44.5 Å². The number of nitrogens with zero attached hydrogens (tertiary/aromatic N) is 3. The largest absolute Gasteiger partial charge is 0.493 e. The molecule has 2 fully saturated rings. The average molecular weight is 362 g/mol. The summed E-state index contributed by atoms with van der Waals surface area (Å²) < 4.78 is 11.5. The molecule has 0 unspecified atom stereocenters. The first-order chi connectivity index (χ1) is 12.8. The van der Waals surface area contributed by atoms with Crippen molar-refractivity contribution in [2.45, 2.75) is 19.3 Å². The maximum absolute atomic E-state index is 6.11. The molecule has 0 N–H and O–H groups in total. The molecular weight excluding hydrogens is 326 g/mol. The van der Waals surface area contributed by atoms with Crippen LogP contribution in [0.15, 0.2) is 24.3 Å². The van der Waals surface area contributed by atoms with Gasteiger partial charge in [-0.25, -0.2) is 0 Å². The Morgan fingerprint density at radius 3 is 2.38 bits per heavy atom. The van der Waals surface area contributed by atoms with Gasteiger partial charge < -0.3 is 19.3 Å². The lowest BCUT2D eigenvalue weighted by Gasteiger charge is -2.32. The molecular formula is C21H35N3O2. The molecule has 0 amide bonds. The van der Waals surface area contributed by atoms with Gasteiger partial charge in [0.1, 0.15) is 5.75 Å². The van der Waals surface area contributed by atoms with E-state index in [2.05, 4.69) is 46.0 Å². The van der Waals surface area contributed by atoms with Crippen LogP contribution in [0.5, 0.6) is 5.75 Å². The van der Waals surface area contributed by atoms with Crippen molar-refractivity contribution < 1.29 is 9.47 Å². The Bertz CT molecular complexity index is 512. The third-order valence-electron chi connectivity index (χ3n) is 5.47. The van der Waals surface area contributed by atoms with Crippen molar-refractivity contribution in [3.63, 3.8) is 0 Å². The first-order valence-electron chi connectivity index (χ1n) is 10.2. The van der Waals surface area contributed by atoms with Crippen molar-refractivity contribution in [3.8, 4) is 5.75 Å². The van der Waals surface area contributed by atoms with E-state index in [9.17, 15) is 0 Å². The van der Waals surface area contributed by atoms with E-state index in [1.807, 2.05) is 0 Å². The fraction of sp³-hybridized carbons (Fsp3) is 0.714. The van der Waals surface area contributed by atoms with Crippen LogP contribution in [0.1, 0.15) is 18.4 Å². The van der Waals surface area contributed by atoms with Crippen LogP contribution in [-0.4, -0.2) is 93.9 Å². The molecule has 5 heteroatoms. The van der Waals surface area contributed by atoms with Crippen molar-refractivity contribution in [2.24, 2.45) is 0 Å². The summed E-state index contributed by atoms with van der Waals surface area (Å²) in [5, 5.41) is 0. The van der Waals surface area contributed by atoms with E-state index in [1.54, 1.807) is 0 Å². The Morgan fingerprint density at radius 1 is 0.885 bits per heavy atom. The number of hydrogen-bond donors (Lipinski definition) is 0. The molecule has 1 aromatic rings.